The Bertz CT molecular complexity index is 455. The summed E-state index contributed by atoms with van der Waals surface area (Å²) in [6.07, 6.45) is 11.3. The maximum atomic E-state index is 10.9. The van der Waals surface area contributed by atoms with Crippen molar-refractivity contribution in [1.29, 1.82) is 0 Å². The average Bonchev–Trinajstić information content (AvgIpc) is 2.40. The zero-order valence-corrected chi connectivity index (χ0v) is 10.2. The van der Waals surface area contributed by atoms with E-state index in [0.29, 0.717) is 5.92 Å². The van der Waals surface area contributed by atoms with Crippen LogP contribution < -0.4 is 10.6 Å². The molecule has 5 nitrogen and oxygen atoms in total. The fourth-order valence-electron chi connectivity index (χ4n) is 2.14. The molecule has 0 bridgehead atoms. The molecule has 0 aliphatic carbocycles. The predicted octanol–water partition coefficient (Wildman–Crippen LogP) is 0.815. The van der Waals surface area contributed by atoms with Crippen LogP contribution >= 0.6 is 0 Å². The number of piperidine rings is 1. The number of nitrogens with two attached hydrogens (primary N) is 1. The van der Waals surface area contributed by atoms with Gasteiger partial charge in [0.2, 0.25) is 0 Å². The smallest absolute Gasteiger partial charge is 0.268 e. The molecule has 1 saturated heterocycles. The summed E-state index contributed by atoms with van der Waals surface area (Å²) in [5.41, 5.74) is 5.32. The average molecular weight is 244 g/mol. The number of rotatable bonds is 3. The van der Waals surface area contributed by atoms with Crippen molar-refractivity contribution in [3.8, 4) is 12.3 Å². The molecule has 1 aliphatic heterocycles. The molecule has 18 heavy (non-hydrogen) atoms. The van der Waals surface area contributed by atoms with Crippen LogP contribution in [0.1, 0.15) is 29.8 Å². The van der Waals surface area contributed by atoms with Crippen molar-refractivity contribution in [2.75, 3.05) is 18.0 Å². The number of carbonyl (C=O) groups is 1. The van der Waals surface area contributed by atoms with Gasteiger partial charge >= 0.3 is 0 Å². The molecule has 2 rings (SSSR count). The van der Waals surface area contributed by atoms with Crippen molar-refractivity contribution in [3.05, 3.63) is 18.1 Å². The maximum absolute atomic E-state index is 10.9. The SMILES string of the molecule is C#CCC1CCN(c2cnc(C(N)=O)cn2)CC1. The van der Waals surface area contributed by atoms with Gasteiger partial charge in [-0.3, -0.25) is 4.79 Å². The summed E-state index contributed by atoms with van der Waals surface area (Å²) in [5.74, 6) is 3.57. The van der Waals surface area contributed by atoms with Gasteiger partial charge in [0.05, 0.1) is 12.4 Å². The quantitative estimate of drug-likeness (QED) is 0.799. The van der Waals surface area contributed by atoms with Crippen LogP contribution in [0.2, 0.25) is 0 Å². The molecule has 1 aromatic rings. The van der Waals surface area contributed by atoms with Crippen LogP contribution in [0, 0.1) is 18.3 Å². The number of terminal acetylenes is 1. The van der Waals surface area contributed by atoms with Gasteiger partial charge in [-0.15, -0.1) is 12.3 Å². The molecule has 0 spiro atoms. The molecule has 5 heteroatoms. The van der Waals surface area contributed by atoms with Gasteiger partial charge < -0.3 is 10.6 Å². The Balaban J connectivity index is 1.97. The third-order valence-corrected chi connectivity index (χ3v) is 3.24. The molecule has 2 N–H and O–H groups in total. The van der Waals surface area contributed by atoms with E-state index in [1.54, 1.807) is 6.20 Å². The van der Waals surface area contributed by atoms with Gasteiger partial charge in [-0.25, -0.2) is 9.97 Å². The summed E-state index contributed by atoms with van der Waals surface area (Å²) in [5, 5.41) is 0. The third-order valence-electron chi connectivity index (χ3n) is 3.24. The molecule has 2 heterocycles. The first-order chi connectivity index (χ1) is 8.70. The highest BCUT2D eigenvalue weighted by molar-refractivity contribution is 5.90. The minimum atomic E-state index is -0.554. The van der Waals surface area contributed by atoms with Gasteiger partial charge in [-0.1, -0.05) is 0 Å². The summed E-state index contributed by atoms with van der Waals surface area (Å²) in [7, 11) is 0. The number of carbonyl (C=O) groups excluding carboxylic acids is 1. The topological polar surface area (TPSA) is 72.1 Å². The highest BCUT2D eigenvalue weighted by Crippen LogP contribution is 2.23. The van der Waals surface area contributed by atoms with Gasteiger partial charge in [0.15, 0.2) is 0 Å². The van der Waals surface area contributed by atoms with Crippen molar-refractivity contribution in [2.45, 2.75) is 19.3 Å². The molecule has 0 aromatic carbocycles. The number of amides is 1. The van der Waals surface area contributed by atoms with E-state index < -0.39 is 5.91 Å². The number of aromatic nitrogens is 2. The second-order valence-corrected chi connectivity index (χ2v) is 4.46. The molecule has 1 aromatic heterocycles. The molecule has 0 unspecified atom stereocenters. The van der Waals surface area contributed by atoms with Crippen LogP contribution in [-0.2, 0) is 0 Å². The van der Waals surface area contributed by atoms with Gasteiger partial charge in [-0.05, 0) is 18.8 Å². The highest BCUT2D eigenvalue weighted by Gasteiger charge is 2.19. The van der Waals surface area contributed by atoms with E-state index in [2.05, 4.69) is 20.8 Å². The number of hydrogen-bond donors (Lipinski definition) is 1. The minimum Gasteiger partial charge on any atom is -0.364 e. The van der Waals surface area contributed by atoms with Gasteiger partial charge in [0.25, 0.3) is 5.91 Å². The van der Waals surface area contributed by atoms with Crippen LogP contribution in [0.25, 0.3) is 0 Å². The van der Waals surface area contributed by atoms with Crippen molar-refractivity contribution < 1.29 is 4.79 Å². The van der Waals surface area contributed by atoms with Crippen molar-refractivity contribution in [3.63, 3.8) is 0 Å². The van der Waals surface area contributed by atoms with Gasteiger partial charge in [-0.2, -0.15) is 0 Å². The Labute approximate surface area is 106 Å². The lowest BCUT2D eigenvalue weighted by Crippen LogP contribution is -2.34. The Kier molecular flexibility index (Phi) is 3.78. The monoisotopic (exact) mass is 244 g/mol. The second-order valence-electron chi connectivity index (χ2n) is 4.46. The lowest BCUT2D eigenvalue weighted by Gasteiger charge is -2.31. The van der Waals surface area contributed by atoms with E-state index in [0.717, 1.165) is 38.2 Å². The first kappa shape index (κ1) is 12.4. The molecule has 0 radical (unpaired) electrons. The fraction of sp³-hybridized carbons (Fsp3) is 0.462. The Morgan fingerprint density at radius 2 is 2.17 bits per heavy atom. The van der Waals surface area contributed by atoms with Gasteiger partial charge in [0, 0.05) is 19.5 Å². The van der Waals surface area contributed by atoms with Crippen LogP contribution in [0.5, 0.6) is 0 Å². The second kappa shape index (κ2) is 5.50. The van der Waals surface area contributed by atoms with Crippen molar-refractivity contribution in [2.24, 2.45) is 11.7 Å². The number of hydrogen-bond acceptors (Lipinski definition) is 4. The summed E-state index contributed by atoms with van der Waals surface area (Å²) >= 11 is 0. The summed E-state index contributed by atoms with van der Waals surface area (Å²) < 4.78 is 0. The summed E-state index contributed by atoms with van der Waals surface area (Å²) in [6, 6.07) is 0. The first-order valence-electron chi connectivity index (χ1n) is 6.01. The van der Waals surface area contributed by atoms with Crippen molar-refractivity contribution >= 4 is 11.7 Å². The molecular weight excluding hydrogens is 228 g/mol. The fourth-order valence-corrected chi connectivity index (χ4v) is 2.14. The Hall–Kier alpha value is -2.09. The first-order valence-corrected chi connectivity index (χ1v) is 6.01. The molecular formula is C13H16N4O. The molecule has 0 atom stereocenters. The lowest BCUT2D eigenvalue weighted by molar-refractivity contribution is 0.0995. The molecule has 0 saturated carbocycles. The number of primary amides is 1. The van der Waals surface area contributed by atoms with Crippen molar-refractivity contribution in [1.82, 2.24) is 9.97 Å². The molecule has 94 valence electrons. The van der Waals surface area contributed by atoms with E-state index in [1.807, 2.05) is 0 Å². The Morgan fingerprint density at radius 3 is 2.67 bits per heavy atom. The predicted molar refractivity (Wildman–Crippen MR) is 68.9 cm³/mol. The lowest BCUT2D eigenvalue weighted by atomic mass is 9.94. The van der Waals surface area contributed by atoms with E-state index in [-0.39, 0.29) is 5.69 Å². The number of anilines is 1. The van der Waals surface area contributed by atoms with E-state index in [4.69, 9.17) is 12.2 Å². The largest absolute Gasteiger partial charge is 0.364 e. The molecule has 1 amide bonds. The maximum Gasteiger partial charge on any atom is 0.268 e. The standard InChI is InChI=1S/C13H16N4O/c1-2-3-10-4-6-17(7-5-10)12-9-15-11(8-16-12)13(14)18/h1,8-10H,3-7H2,(H2,14,18). The number of nitrogens with zero attached hydrogens (tertiary/aromatic N) is 3. The van der Waals surface area contributed by atoms with E-state index in [9.17, 15) is 4.79 Å². The highest BCUT2D eigenvalue weighted by atomic mass is 16.1. The molecule has 1 aliphatic rings. The van der Waals surface area contributed by atoms with E-state index in [1.165, 1.54) is 6.20 Å². The normalized spacial score (nSPS) is 16.3. The van der Waals surface area contributed by atoms with Crippen LogP contribution in [0.3, 0.4) is 0 Å². The summed E-state index contributed by atoms with van der Waals surface area (Å²) in [4.78, 5) is 21.3. The van der Waals surface area contributed by atoms with Crippen LogP contribution in [-0.4, -0.2) is 29.0 Å². The van der Waals surface area contributed by atoms with E-state index >= 15 is 0 Å². The zero-order valence-electron chi connectivity index (χ0n) is 10.2. The Morgan fingerprint density at radius 1 is 1.44 bits per heavy atom. The third kappa shape index (κ3) is 2.77. The minimum absolute atomic E-state index is 0.195. The van der Waals surface area contributed by atoms with Crippen LogP contribution in [0.4, 0.5) is 5.82 Å². The molecule has 1 fully saturated rings. The summed E-state index contributed by atoms with van der Waals surface area (Å²) in [6.45, 7) is 1.86. The zero-order chi connectivity index (χ0) is 13.0. The van der Waals surface area contributed by atoms with Gasteiger partial charge in [0.1, 0.15) is 11.5 Å². The van der Waals surface area contributed by atoms with Crippen LogP contribution in [0.15, 0.2) is 12.4 Å².